The summed E-state index contributed by atoms with van der Waals surface area (Å²) < 4.78 is 39.4. The molecule has 1 aromatic heterocycles. The molecule has 2 rings (SSSR count). The van der Waals surface area contributed by atoms with Gasteiger partial charge in [0.15, 0.2) is 0 Å². The molecule has 1 fully saturated rings. The summed E-state index contributed by atoms with van der Waals surface area (Å²) in [7, 11) is 0. The van der Waals surface area contributed by atoms with Crippen molar-refractivity contribution in [2.24, 2.45) is 0 Å². The molecule has 0 bridgehead atoms. The van der Waals surface area contributed by atoms with Gasteiger partial charge in [-0.2, -0.15) is 23.5 Å². The predicted octanol–water partition coefficient (Wildman–Crippen LogP) is 3.31. The quantitative estimate of drug-likeness (QED) is 0.804. The van der Waals surface area contributed by atoms with Crippen LogP contribution in [0.3, 0.4) is 0 Å². The van der Waals surface area contributed by atoms with Gasteiger partial charge in [0, 0.05) is 31.2 Å². The number of hydrogen-bond acceptors (Lipinski definition) is 4. The van der Waals surface area contributed by atoms with E-state index in [1.807, 2.05) is 26.8 Å². The van der Waals surface area contributed by atoms with Gasteiger partial charge in [0.2, 0.25) is 0 Å². The number of nitrogens with zero attached hydrogens (tertiary/aromatic N) is 4. The summed E-state index contributed by atoms with van der Waals surface area (Å²) in [5.74, 6) is 0. The number of halogens is 3. The molecule has 1 aliphatic rings. The van der Waals surface area contributed by atoms with E-state index in [4.69, 9.17) is 5.26 Å². The molecule has 8 heteroatoms. The second kappa shape index (κ2) is 6.50. The van der Waals surface area contributed by atoms with Crippen LogP contribution < -0.4 is 0 Å². The number of alkyl halides is 3. The highest BCUT2D eigenvalue weighted by molar-refractivity contribution is 7.97. The molecule has 0 N–H and O–H groups in total. The van der Waals surface area contributed by atoms with Crippen LogP contribution in [-0.4, -0.2) is 32.7 Å². The summed E-state index contributed by atoms with van der Waals surface area (Å²) in [5.41, 5.74) is -3.98. The highest BCUT2D eigenvalue weighted by atomic mass is 32.2. The second-order valence-corrected chi connectivity index (χ2v) is 5.52. The molecule has 0 amide bonds. The van der Waals surface area contributed by atoms with E-state index < -0.39 is 11.0 Å². The standard InChI is InChI=1S/C10H11F3N4S.C2H6/c1-8-4-15-17(5-8)9(2-3-14)6-16(7-9)18-10(11,12)13;1-2/h4-5H,2,6-7H2,1H3;1-2H3. The predicted molar refractivity (Wildman–Crippen MR) is 71.7 cm³/mol. The van der Waals surface area contributed by atoms with Gasteiger partial charge in [0.25, 0.3) is 0 Å². The summed E-state index contributed by atoms with van der Waals surface area (Å²) in [6.07, 6.45) is 3.55. The summed E-state index contributed by atoms with van der Waals surface area (Å²) >= 11 is -0.144. The molecule has 0 saturated carbocycles. The lowest BCUT2D eigenvalue weighted by Gasteiger charge is -2.48. The van der Waals surface area contributed by atoms with E-state index in [9.17, 15) is 13.2 Å². The molecule has 1 aliphatic heterocycles. The van der Waals surface area contributed by atoms with Crippen molar-refractivity contribution in [3.63, 3.8) is 0 Å². The average Bonchev–Trinajstić information content (AvgIpc) is 2.74. The van der Waals surface area contributed by atoms with E-state index in [0.717, 1.165) is 5.56 Å². The van der Waals surface area contributed by atoms with Crippen LogP contribution in [0.25, 0.3) is 0 Å². The normalized spacial score (nSPS) is 17.6. The molecular formula is C12H17F3N4S. The lowest BCUT2D eigenvalue weighted by molar-refractivity contribution is -0.0417. The molecule has 4 nitrogen and oxygen atoms in total. The van der Waals surface area contributed by atoms with Crippen LogP contribution in [0.2, 0.25) is 0 Å². The molecule has 0 radical (unpaired) electrons. The lowest BCUT2D eigenvalue weighted by Crippen LogP contribution is -2.60. The number of rotatable bonds is 3. The van der Waals surface area contributed by atoms with Crippen molar-refractivity contribution in [2.45, 2.75) is 38.2 Å². The maximum absolute atomic E-state index is 12.2. The Bertz CT molecular complexity index is 472. The highest BCUT2D eigenvalue weighted by Gasteiger charge is 2.49. The van der Waals surface area contributed by atoms with Gasteiger partial charge in [0.1, 0.15) is 5.54 Å². The zero-order valence-electron chi connectivity index (χ0n) is 11.6. The van der Waals surface area contributed by atoms with Crippen molar-refractivity contribution >= 4 is 11.9 Å². The molecule has 1 aromatic rings. The molecule has 0 spiro atoms. The fourth-order valence-corrected chi connectivity index (χ4v) is 2.88. The largest absolute Gasteiger partial charge is 0.456 e. The van der Waals surface area contributed by atoms with E-state index in [-0.39, 0.29) is 31.5 Å². The molecule has 0 aromatic carbocycles. The summed E-state index contributed by atoms with van der Waals surface area (Å²) in [6, 6.07) is 2.02. The number of hydrogen-bond donors (Lipinski definition) is 0. The van der Waals surface area contributed by atoms with E-state index >= 15 is 0 Å². The van der Waals surface area contributed by atoms with Gasteiger partial charge < -0.3 is 0 Å². The minimum atomic E-state index is -4.28. The Morgan fingerprint density at radius 3 is 2.45 bits per heavy atom. The zero-order valence-corrected chi connectivity index (χ0v) is 12.4. The molecule has 1 saturated heterocycles. The first-order chi connectivity index (χ1) is 9.35. The van der Waals surface area contributed by atoms with Gasteiger partial charge >= 0.3 is 5.51 Å². The fraction of sp³-hybridized carbons (Fsp3) is 0.667. The highest BCUT2D eigenvalue weighted by Crippen LogP contribution is 2.42. The lowest BCUT2D eigenvalue weighted by atomic mass is 9.89. The van der Waals surface area contributed by atoms with Crippen LogP contribution in [0, 0.1) is 18.3 Å². The van der Waals surface area contributed by atoms with Crippen molar-refractivity contribution in [2.75, 3.05) is 13.1 Å². The van der Waals surface area contributed by atoms with Gasteiger partial charge in [0.05, 0.1) is 18.7 Å². The first kappa shape index (κ1) is 16.9. The third-order valence-electron chi connectivity index (χ3n) is 2.78. The molecule has 20 heavy (non-hydrogen) atoms. The molecule has 0 atom stereocenters. The number of aromatic nitrogens is 2. The van der Waals surface area contributed by atoms with Crippen molar-refractivity contribution in [1.82, 2.24) is 14.1 Å². The number of aryl methyl sites for hydroxylation is 1. The van der Waals surface area contributed by atoms with Crippen LogP contribution in [0.15, 0.2) is 12.4 Å². The molecular weight excluding hydrogens is 289 g/mol. The van der Waals surface area contributed by atoms with E-state index in [1.54, 1.807) is 17.1 Å². The second-order valence-electron chi connectivity index (χ2n) is 4.36. The molecule has 0 unspecified atom stereocenters. The van der Waals surface area contributed by atoms with Gasteiger partial charge in [-0.1, -0.05) is 13.8 Å². The third-order valence-corrected chi connectivity index (χ3v) is 3.50. The summed E-state index contributed by atoms with van der Waals surface area (Å²) in [6.45, 7) is 6.20. The van der Waals surface area contributed by atoms with Crippen molar-refractivity contribution in [3.8, 4) is 6.07 Å². The average molecular weight is 306 g/mol. The SMILES string of the molecule is CC.Cc1cnn(C2(CC#N)CN(SC(F)(F)F)C2)c1. The Kier molecular flexibility index (Phi) is 5.48. The number of nitriles is 1. The smallest absolute Gasteiger partial charge is 0.263 e. The maximum Gasteiger partial charge on any atom is 0.456 e. The van der Waals surface area contributed by atoms with Crippen molar-refractivity contribution < 1.29 is 13.2 Å². The van der Waals surface area contributed by atoms with Crippen LogP contribution in [0.5, 0.6) is 0 Å². The van der Waals surface area contributed by atoms with E-state index in [0.29, 0.717) is 0 Å². The Morgan fingerprint density at radius 2 is 2.05 bits per heavy atom. The first-order valence-corrected chi connectivity index (χ1v) is 7.01. The molecule has 0 aliphatic carbocycles. The molecule has 2 heterocycles. The monoisotopic (exact) mass is 306 g/mol. The van der Waals surface area contributed by atoms with Gasteiger partial charge in [-0.3, -0.25) is 4.68 Å². The van der Waals surface area contributed by atoms with E-state index in [2.05, 4.69) is 5.10 Å². The first-order valence-electron chi connectivity index (χ1n) is 6.24. The van der Waals surface area contributed by atoms with Crippen LogP contribution >= 0.6 is 11.9 Å². The van der Waals surface area contributed by atoms with Crippen LogP contribution in [-0.2, 0) is 5.54 Å². The fourth-order valence-electron chi connectivity index (χ4n) is 1.98. The Labute approximate surface area is 120 Å². The summed E-state index contributed by atoms with van der Waals surface area (Å²) in [4.78, 5) is 0. The van der Waals surface area contributed by atoms with Gasteiger partial charge in [-0.25, -0.2) is 4.31 Å². The van der Waals surface area contributed by atoms with Gasteiger partial charge in [-0.05, 0) is 12.5 Å². The zero-order chi connectivity index (χ0) is 15.4. The van der Waals surface area contributed by atoms with E-state index in [1.165, 1.54) is 4.31 Å². The minimum absolute atomic E-state index is 0.144. The topological polar surface area (TPSA) is 44.9 Å². The van der Waals surface area contributed by atoms with Crippen molar-refractivity contribution in [3.05, 3.63) is 18.0 Å². The van der Waals surface area contributed by atoms with Gasteiger partial charge in [-0.15, -0.1) is 0 Å². The summed E-state index contributed by atoms with van der Waals surface area (Å²) in [5, 5.41) is 12.9. The van der Waals surface area contributed by atoms with Crippen molar-refractivity contribution in [1.29, 1.82) is 5.26 Å². The maximum atomic E-state index is 12.2. The van der Waals surface area contributed by atoms with Crippen LogP contribution in [0.4, 0.5) is 13.2 Å². The Morgan fingerprint density at radius 1 is 1.45 bits per heavy atom. The minimum Gasteiger partial charge on any atom is -0.263 e. The molecule has 112 valence electrons. The van der Waals surface area contributed by atoms with Crippen LogP contribution in [0.1, 0.15) is 25.8 Å². The Balaban J connectivity index is 0.000000956. The Hall–Kier alpha value is -1.20. The third kappa shape index (κ3) is 3.90.